The summed E-state index contributed by atoms with van der Waals surface area (Å²) in [5, 5.41) is 3.41. The smallest absolute Gasteiger partial charge is 0.225 e. The number of nitrogens with one attached hydrogen (secondary N) is 1. The van der Waals surface area contributed by atoms with E-state index in [0.29, 0.717) is 6.04 Å². The van der Waals surface area contributed by atoms with Crippen LogP contribution >= 0.6 is 0 Å². The van der Waals surface area contributed by atoms with Crippen LogP contribution in [0.3, 0.4) is 0 Å². The number of likely N-dealkylation sites (tertiary alicyclic amines) is 1. The minimum absolute atomic E-state index is 0.0818. The largest absolute Gasteiger partial charge is 0.364 e. The molecular formula is C16H25N3O. The number of aromatic nitrogens is 1. The number of anilines is 1. The normalized spacial score (nSPS) is 16.2. The van der Waals surface area contributed by atoms with E-state index in [4.69, 9.17) is 0 Å². The van der Waals surface area contributed by atoms with Crippen molar-refractivity contribution in [2.45, 2.75) is 46.1 Å². The third-order valence-corrected chi connectivity index (χ3v) is 3.67. The van der Waals surface area contributed by atoms with Gasteiger partial charge in [-0.05, 0) is 23.1 Å². The van der Waals surface area contributed by atoms with Crippen LogP contribution < -0.4 is 5.32 Å². The van der Waals surface area contributed by atoms with Gasteiger partial charge in [-0.3, -0.25) is 4.79 Å². The summed E-state index contributed by atoms with van der Waals surface area (Å²) >= 11 is 0. The minimum atomic E-state index is 0.0818. The molecule has 0 spiro atoms. The molecule has 0 bridgehead atoms. The molecule has 1 saturated heterocycles. The van der Waals surface area contributed by atoms with Gasteiger partial charge in [-0.1, -0.05) is 34.6 Å². The molecule has 1 amide bonds. The molecule has 2 rings (SSSR count). The van der Waals surface area contributed by atoms with Crippen molar-refractivity contribution in [1.82, 2.24) is 9.88 Å². The van der Waals surface area contributed by atoms with Crippen LogP contribution in [0.1, 0.15) is 40.2 Å². The lowest BCUT2D eigenvalue weighted by Gasteiger charge is -2.40. The Balaban J connectivity index is 1.92. The molecule has 1 N–H and O–H groups in total. The number of rotatable bonds is 3. The molecule has 0 unspecified atom stereocenters. The van der Waals surface area contributed by atoms with Gasteiger partial charge in [-0.2, -0.15) is 0 Å². The van der Waals surface area contributed by atoms with Crippen LogP contribution in [0.5, 0.6) is 0 Å². The number of pyridine rings is 1. The van der Waals surface area contributed by atoms with Crippen molar-refractivity contribution in [3.8, 4) is 0 Å². The molecule has 1 aliphatic rings. The Morgan fingerprint density at radius 2 is 2.05 bits per heavy atom. The SMILES string of the molecule is CC(C)C(=O)N1CC(Nc2cc(C(C)(C)C)ccn2)C1. The van der Waals surface area contributed by atoms with Crippen LogP contribution in [-0.2, 0) is 10.2 Å². The maximum Gasteiger partial charge on any atom is 0.225 e. The summed E-state index contributed by atoms with van der Waals surface area (Å²) < 4.78 is 0. The molecule has 0 aromatic carbocycles. The van der Waals surface area contributed by atoms with Gasteiger partial charge >= 0.3 is 0 Å². The van der Waals surface area contributed by atoms with Crippen molar-refractivity contribution in [3.05, 3.63) is 23.9 Å². The number of nitrogens with zero attached hydrogens (tertiary/aromatic N) is 2. The Kier molecular flexibility index (Phi) is 4.02. The number of carbonyl (C=O) groups excluding carboxylic acids is 1. The Labute approximate surface area is 121 Å². The van der Waals surface area contributed by atoms with Gasteiger partial charge in [-0.25, -0.2) is 4.98 Å². The molecule has 0 radical (unpaired) electrons. The van der Waals surface area contributed by atoms with E-state index in [1.54, 1.807) is 0 Å². The lowest BCUT2D eigenvalue weighted by molar-refractivity contribution is -0.138. The summed E-state index contributed by atoms with van der Waals surface area (Å²) in [5.41, 5.74) is 1.39. The molecule has 20 heavy (non-hydrogen) atoms. The predicted molar refractivity (Wildman–Crippen MR) is 81.8 cm³/mol. The highest BCUT2D eigenvalue weighted by molar-refractivity contribution is 5.79. The lowest BCUT2D eigenvalue weighted by Crippen LogP contribution is -2.58. The van der Waals surface area contributed by atoms with Gasteiger partial charge in [-0.15, -0.1) is 0 Å². The molecule has 4 heteroatoms. The standard InChI is InChI=1S/C16H25N3O/c1-11(2)15(20)19-9-13(10-19)18-14-8-12(6-7-17-14)16(3,4)5/h6-8,11,13H,9-10H2,1-5H3,(H,17,18). The molecule has 0 saturated carbocycles. The van der Waals surface area contributed by atoms with E-state index in [0.717, 1.165) is 18.9 Å². The molecule has 110 valence electrons. The van der Waals surface area contributed by atoms with Crippen LogP contribution in [0.4, 0.5) is 5.82 Å². The van der Waals surface area contributed by atoms with Crippen LogP contribution in [0.2, 0.25) is 0 Å². The fourth-order valence-corrected chi connectivity index (χ4v) is 2.30. The van der Waals surface area contributed by atoms with Gasteiger partial charge in [0.15, 0.2) is 0 Å². The average Bonchev–Trinajstić information content (AvgIpc) is 2.31. The Bertz CT molecular complexity index is 485. The van der Waals surface area contributed by atoms with Crippen molar-refractivity contribution >= 4 is 11.7 Å². The second-order valence-electron chi connectivity index (χ2n) is 6.92. The lowest BCUT2D eigenvalue weighted by atomic mass is 9.88. The first kappa shape index (κ1) is 14.8. The van der Waals surface area contributed by atoms with Gasteiger partial charge in [0.05, 0.1) is 6.04 Å². The molecule has 1 aromatic rings. The second kappa shape index (κ2) is 5.43. The highest BCUT2D eigenvalue weighted by atomic mass is 16.2. The van der Waals surface area contributed by atoms with Crippen molar-refractivity contribution in [3.63, 3.8) is 0 Å². The van der Waals surface area contributed by atoms with Gasteiger partial charge in [0.2, 0.25) is 5.91 Å². The Hall–Kier alpha value is -1.58. The summed E-state index contributed by atoms with van der Waals surface area (Å²) in [7, 11) is 0. The molecule has 4 nitrogen and oxygen atoms in total. The highest BCUT2D eigenvalue weighted by Gasteiger charge is 2.31. The molecule has 0 atom stereocenters. The Morgan fingerprint density at radius 3 is 2.60 bits per heavy atom. The quantitative estimate of drug-likeness (QED) is 0.922. The monoisotopic (exact) mass is 275 g/mol. The van der Waals surface area contributed by atoms with E-state index in [-0.39, 0.29) is 17.2 Å². The molecule has 1 fully saturated rings. The summed E-state index contributed by atoms with van der Waals surface area (Å²) in [4.78, 5) is 18.1. The molecule has 0 aliphatic carbocycles. The molecule has 1 aromatic heterocycles. The van der Waals surface area contributed by atoms with E-state index >= 15 is 0 Å². The van der Waals surface area contributed by atoms with Gasteiger partial charge in [0, 0.05) is 25.2 Å². The fraction of sp³-hybridized carbons (Fsp3) is 0.625. The summed E-state index contributed by atoms with van der Waals surface area (Å²) in [5.74, 6) is 1.22. The van der Waals surface area contributed by atoms with Crippen molar-refractivity contribution < 1.29 is 4.79 Å². The molecule has 1 aliphatic heterocycles. The summed E-state index contributed by atoms with van der Waals surface area (Å²) in [6.45, 7) is 12.0. The zero-order valence-electron chi connectivity index (χ0n) is 13.1. The van der Waals surface area contributed by atoms with E-state index in [1.807, 2.05) is 24.9 Å². The molecular weight excluding hydrogens is 250 g/mol. The first-order chi connectivity index (χ1) is 9.27. The van der Waals surface area contributed by atoms with E-state index in [9.17, 15) is 4.79 Å². The topological polar surface area (TPSA) is 45.2 Å². The number of hydrogen-bond acceptors (Lipinski definition) is 3. The van der Waals surface area contributed by atoms with Crippen molar-refractivity contribution in [2.75, 3.05) is 18.4 Å². The van der Waals surface area contributed by atoms with E-state index < -0.39 is 0 Å². The van der Waals surface area contributed by atoms with E-state index in [1.165, 1.54) is 5.56 Å². The average molecular weight is 275 g/mol. The van der Waals surface area contributed by atoms with Gasteiger partial charge in [0.25, 0.3) is 0 Å². The number of amides is 1. The van der Waals surface area contributed by atoms with Crippen LogP contribution in [0.25, 0.3) is 0 Å². The second-order valence-corrected chi connectivity index (χ2v) is 6.92. The minimum Gasteiger partial charge on any atom is -0.364 e. The number of carbonyl (C=O) groups is 1. The van der Waals surface area contributed by atoms with Crippen LogP contribution in [0, 0.1) is 5.92 Å². The maximum absolute atomic E-state index is 11.8. The highest BCUT2D eigenvalue weighted by Crippen LogP contribution is 2.24. The summed E-state index contributed by atoms with van der Waals surface area (Å²) in [6, 6.07) is 4.48. The van der Waals surface area contributed by atoms with Gasteiger partial charge < -0.3 is 10.2 Å². The zero-order chi connectivity index (χ0) is 14.9. The fourth-order valence-electron chi connectivity index (χ4n) is 2.30. The summed E-state index contributed by atoms with van der Waals surface area (Å²) in [6.07, 6.45) is 1.85. The molecule has 2 heterocycles. The first-order valence-corrected chi connectivity index (χ1v) is 7.29. The van der Waals surface area contributed by atoms with Crippen molar-refractivity contribution in [1.29, 1.82) is 0 Å². The zero-order valence-corrected chi connectivity index (χ0v) is 13.1. The third kappa shape index (κ3) is 3.30. The number of hydrogen-bond donors (Lipinski definition) is 1. The predicted octanol–water partition coefficient (Wildman–Crippen LogP) is 2.66. The van der Waals surface area contributed by atoms with Gasteiger partial charge in [0.1, 0.15) is 5.82 Å². The first-order valence-electron chi connectivity index (χ1n) is 7.29. The van der Waals surface area contributed by atoms with E-state index in [2.05, 4.69) is 43.2 Å². The Morgan fingerprint density at radius 1 is 1.40 bits per heavy atom. The van der Waals surface area contributed by atoms with Crippen LogP contribution in [-0.4, -0.2) is 34.9 Å². The van der Waals surface area contributed by atoms with Crippen molar-refractivity contribution in [2.24, 2.45) is 5.92 Å². The third-order valence-electron chi connectivity index (χ3n) is 3.67. The maximum atomic E-state index is 11.8. The van der Waals surface area contributed by atoms with Crippen LogP contribution in [0.15, 0.2) is 18.3 Å².